The lowest BCUT2D eigenvalue weighted by molar-refractivity contribution is -0.385. The second kappa shape index (κ2) is 10.2. The van der Waals surface area contributed by atoms with E-state index in [1.807, 2.05) is 0 Å². The number of hydrogen-bond donors (Lipinski definition) is 1. The number of nitrogens with zero attached hydrogens (tertiary/aromatic N) is 1. The fourth-order valence-electron chi connectivity index (χ4n) is 1.99. The van der Waals surface area contributed by atoms with E-state index in [0.29, 0.717) is 6.61 Å². The highest BCUT2D eigenvalue weighted by molar-refractivity contribution is 5.96. The third kappa shape index (κ3) is 5.59. The third-order valence-electron chi connectivity index (χ3n) is 3.26. The molecule has 1 atom stereocenters. The van der Waals surface area contributed by atoms with E-state index in [1.54, 1.807) is 6.92 Å². The second-order valence-electron chi connectivity index (χ2n) is 5.04. The highest BCUT2D eigenvalue weighted by Gasteiger charge is 2.28. The van der Waals surface area contributed by atoms with Crippen LogP contribution in [0.2, 0.25) is 0 Å². The van der Waals surface area contributed by atoms with Crippen LogP contribution in [0.3, 0.4) is 0 Å². The Labute approximate surface area is 150 Å². The van der Waals surface area contributed by atoms with Crippen LogP contribution in [0.4, 0.5) is 5.69 Å². The van der Waals surface area contributed by atoms with Crippen molar-refractivity contribution in [1.29, 1.82) is 0 Å². The van der Waals surface area contributed by atoms with Gasteiger partial charge in [-0.3, -0.25) is 14.9 Å². The minimum Gasteiger partial charge on any atom is -0.493 e. The Bertz CT molecular complexity index is 662. The van der Waals surface area contributed by atoms with Crippen LogP contribution in [0.1, 0.15) is 24.2 Å². The van der Waals surface area contributed by atoms with Crippen LogP contribution in [-0.4, -0.2) is 56.9 Å². The van der Waals surface area contributed by atoms with Gasteiger partial charge in [-0.2, -0.15) is 0 Å². The first-order chi connectivity index (χ1) is 12.3. The molecule has 0 aromatic heterocycles. The van der Waals surface area contributed by atoms with E-state index in [4.69, 9.17) is 18.9 Å². The zero-order valence-electron chi connectivity index (χ0n) is 15.1. The molecule has 1 aromatic carbocycles. The molecule has 0 unspecified atom stereocenters. The first kappa shape index (κ1) is 21.2. The smallest absolute Gasteiger partial charge is 0.346 e. The maximum Gasteiger partial charge on any atom is 0.346 e. The number of nitrogens with one attached hydrogen (secondary N) is 1. The van der Waals surface area contributed by atoms with Crippen molar-refractivity contribution in [3.8, 4) is 11.5 Å². The highest BCUT2D eigenvalue weighted by atomic mass is 16.6. The Morgan fingerprint density at radius 2 is 1.96 bits per heavy atom. The number of benzene rings is 1. The highest BCUT2D eigenvalue weighted by Crippen LogP contribution is 2.35. The summed E-state index contributed by atoms with van der Waals surface area (Å²) < 4.78 is 20.2. The van der Waals surface area contributed by atoms with E-state index in [1.165, 1.54) is 27.2 Å². The van der Waals surface area contributed by atoms with Gasteiger partial charge in [0.25, 0.3) is 11.6 Å². The van der Waals surface area contributed by atoms with Crippen molar-refractivity contribution in [1.82, 2.24) is 5.32 Å². The van der Waals surface area contributed by atoms with E-state index < -0.39 is 28.6 Å². The molecule has 1 rings (SSSR count). The van der Waals surface area contributed by atoms with Crippen LogP contribution in [0.5, 0.6) is 11.5 Å². The summed E-state index contributed by atoms with van der Waals surface area (Å²) in [5, 5.41) is 13.8. The van der Waals surface area contributed by atoms with E-state index >= 15 is 0 Å². The minimum atomic E-state index is -1.14. The Hall–Kier alpha value is -2.88. The summed E-state index contributed by atoms with van der Waals surface area (Å²) in [6.45, 7) is 3.88. The van der Waals surface area contributed by atoms with Crippen LogP contribution >= 0.6 is 0 Å². The molecule has 1 aromatic rings. The number of amides is 1. The van der Waals surface area contributed by atoms with E-state index in [2.05, 4.69) is 5.32 Å². The average molecular weight is 370 g/mol. The summed E-state index contributed by atoms with van der Waals surface area (Å²) in [4.78, 5) is 34.7. The Balaban J connectivity index is 3.04. The maximum absolute atomic E-state index is 12.3. The lowest BCUT2D eigenvalue weighted by Gasteiger charge is -2.15. The number of methoxy groups -OCH3 is 2. The number of carbonyl (C=O) groups is 2. The molecular weight excluding hydrogens is 348 g/mol. The standard InChI is InChI=1S/C16H22N2O8/c1-5-25-14-8-11(12(18(21)22)9-13(14)24-4)16(20)26-10(2)15(19)17-6-7-23-3/h8-10H,5-7H2,1-4H3,(H,17,19)/t10-/m1/s1. The SMILES string of the molecule is CCOc1cc(C(=O)O[C@H](C)C(=O)NCCOC)c([N+](=O)[O-])cc1OC. The van der Waals surface area contributed by atoms with Crippen molar-refractivity contribution in [2.75, 3.05) is 34.0 Å². The number of nitro groups is 1. The van der Waals surface area contributed by atoms with Gasteiger partial charge >= 0.3 is 5.97 Å². The number of nitro benzene ring substituents is 1. The largest absolute Gasteiger partial charge is 0.493 e. The fraction of sp³-hybridized carbons (Fsp3) is 0.500. The lowest BCUT2D eigenvalue weighted by atomic mass is 10.1. The molecule has 1 amide bonds. The van der Waals surface area contributed by atoms with Gasteiger partial charge in [-0.25, -0.2) is 4.79 Å². The monoisotopic (exact) mass is 370 g/mol. The zero-order chi connectivity index (χ0) is 19.7. The molecule has 0 bridgehead atoms. The predicted molar refractivity (Wildman–Crippen MR) is 90.6 cm³/mol. The molecule has 144 valence electrons. The zero-order valence-corrected chi connectivity index (χ0v) is 15.1. The summed E-state index contributed by atoms with van der Waals surface area (Å²) in [5.74, 6) is -1.29. The Kier molecular flexibility index (Phi) is 8.29. The molecule has 1 N–H and O–H groups in total. The summed E-state index contributed by atoms with van der Waals surface area (Å²) >= 11 is 0. The van der Waals surface area contributed by atoms with Gasteiger partial charge in [0.15, 0.2) is 17.6 Å². The lowest BCUT2D eigenvalue weighted by Crippen LogP contribution is -2.37. The van der Waals surface area contributed by atoms with Gasteiger partial charge in [-0.15, -0.1) is 0 Å². The van der Waals surface area contributed by atoms with Gasteiger partial charge in [-0.05, 0) is 13.8 Å². The summed E-state index contributed by atoms with van der Waals surface area (Å²) in [7, 11) is 2.81. The van der Waals surface area contributed by atoms with E-state index in [0.717, 1.165) is 6.07 Å². The minimum absolute atomic E-state index is 0.112. The molecule has 26 heavy (non-hydrogen) atoms. The molecule has 0 aliphatic heterocycles. The maximum atomic E-state index is 12.3. The topological polar surface area (TPSA) is 126 Å². The average Bonchev–Trinajstić information content (AvgIpc) is 2.61. The first-order valence-electron chi connectivity index (χ1n) is 7.82. The number of carbonyl (C=O) groups excluding carboxylic acids is 2. The van der Waals surface area contributed by atoms with Crippen molar-refractivity contribution in [2.45, 2.75) is 20.0 Å². The molecule has 0 spiro atoms. The molecular formula is C16H22N2O8. The molecule has 0 radical (unpaired) electrons. The van der Waals surface area contributed by atoms with E-state index in [-0.39, 0.29) is 30.2 Å². The number of hydrogen-bond acceptors (Lipinski definition) is 8. The van der Waals surface area contributed by atoms with Gasteiger partial charge in [-0.1, -0.05) is 0 Å². The van der Waals surface area contributed by atoms with Gasteiger partial charge in [0.05, 0.1) is 31.3 Å². The molecule has 0 heterocycles. The second-order valence-corrected chi connectivity index (χ2v) is 5.04. The fourth-order valence-corrected chi connectivity index (χ4v) is 1.99. The molecule has 0 fully saturated rings. The molecule has 0 aliphatic rings. The molecule has 10 nitrogen and oxygen atoms in total. The van der Waals surface area contributed by atoms with Crippen molar-refractivity contribution in [3.63, 3.8) is 0 Å². The normalized spacial score (nSPS) is 11.4. The van der Waals surface area contributed by atoms with Crippen LogP contribution in [0, 0.1) is 10.1 Å². The van der Waals surface area contributed by atoms with Crippen LogP contribution in [0.15, 0.2) is 12.1 Å². The Morgan fingerprint density at radius 1 is 1.27 bits per heavy atom. The van der Waals surface area contributed by atoms with Crippen LogP contribution < -0.4 is 14.8 Å². The van der Waals surface area contributed by atoms with Gasteiger partial charge < -0.3 is 24.3 Å². The molecule has 0 saturated carbocycles. The number of esters is 1. The van der Waals surface area contributed by atoms with Crippen LogP contribution in [0.25, 0.3) is 0 Å². The quantitative estimate of drug-likeness (QED) is 0.283. The van der Waals surface area contributed by atoms with E-state index in [9.17, 15) is 19.7 Å². The summed E-state index contributed by atoms with van der Waals surface area (Å²) in [6.07, 6.45) is -1.14. The van der Waals surface area contributed by atoms with Crippen molar-refractivity contribution in [2.24, 2.45) is 0 Å². The summed E-state index contributed by atoms with van der Waals surface area (Å²) in [5.41, 5.74) is -0.849. The van der Waals surface area contributed by atoms with Crippen LogP contribution in [-0.2, 0) is 14.3 Å². The van der Waals surface area contributed by atoms with Gasteiger partial charge in [0.2, 0.25) is 0 Å². The van der Waals surface area contributed by atoms with Gasteiger partial charge in [0.1, 0.15) is 5.56 Å². The Morgan fingerprint density at radius 3 is 2.50 bits per heavy atom. The number of rotatable bonds is 10. The van der Waals surface area contributed by atoms with Crippen molar-refractivity contribution in [3.05, 3.63) is 27.8 Å². The third-order valence-corrected chi connectivity index (χ3v) is 3.26. The number of ether oxygens (including phenoxy) is 4. The molecule has 0 saturated heterocycles. The summed E-state index contributed by atoms with van der Waals surface area (Å²) in [6, 6.07) is 2.24. The predicted octanol–water partition coefficient (Wildman–Crippen LogP) is 1.31. The van der Waals surface area contributed by atoms with Gasteiger partial charge in [0, 0.05) is 19.7 Å². The first-order valence-corrected chi connectivity index (χ1v) is 7.82. The molecule has 10 heteroatoms. The molecule has 0 aliphatic carbocycles. The van der Waals surface area contributed by atoms with Crippen molar-refractivity contribution >= 4 is 17.6 Å². The van der Waals surface area contributed by atoms with Crippen molar-refractivity contribution < 1.29 is 33.5 Å².